The van der Waals surface area contributed by atoms with Gasteiger partial charge < -0.3 is 9.47 Å². The van der Waals surface area contributed by atoms with Crippen LogP contribution in [0.2, 0.25) is 0 Å². The molecular formula is C27H23NO4. The summed E-state index contributed by atoms with van der Waals surface area (Å²) in [6.45, 7) is 4.13. The fourth-order valence-corrected chi connectivity index (χ4v) is 3.34. The molecule has 0 amide bonds. The van der Waals surface area contributed by atoms with E-state index in [1.54, 1.807) is 30.4 Å². The third-order valence-corrected chi connectivity index (χ3v) is 4.85. The fraction of sp³-hybridized carbons (Fsp3) is 0.148. The Morgan fingerprint density at radius 1 is 0.906 bits per heavy atom. The minimum Gasteiger partial charge on any atom is -0.462 e. The van der Waals surface area contributed by atoms with Crippen molar-refractivity contribution in [2.45, 2.75) is 12.8 Å². The van der Waals surface area contributed by atoms with E-state index >= 15 is 0 Å². The summed E-state index contributed by atoms with van der Waals surface area (Å²) in [7, 11) is 0. The van der Waals surface area contributed by atoms with Gasteiger partial charge >= 0.3 is 11.9 Å². The maximum Gasteiger partial charge on any atom is 0.339 e. The van der Waals surface area contributed by atoms with E-state index in [2.05, 4.69) is 6.58 Å². The molecule has 0 saturated heterocycles. The Hall–Kier alpha value is -4.17. The molecule has 4 rings (SSSR count). The number of benzene rings is 2. The zero-order valence-electron chi connectivity index (χ0n) is 17.6. The minimum atomic E-state index is -0.509. The molecule has 2 aromatic carbocycles. The zero-order chi connectivity index (χ0) is 22.8. The van der Waals surface area contributed by atoms with Gasteiger partial charge in [0, 0.05) is 6.08 Å². The molecule has 2 bridgehead atoms. The normalized spacial score (nSPS) is 14.7. The zero-order valence-corrected chi connectivity index (χ0v) is 17.6. The van der Waals surface area contributed by atoms with Crippen molar-refractivity contribution >= 4 is 36.2 Å². The van der Waals surface area contributed by atoms with Crippen LogP contribution < -0.4 is 0 Å². The van der Waals surface area contributed by atoms with Crippen LogP contribution in [0, 0.1) is 11.3 Å². The number of allylic oxidation sites excluding steroid dienone is 3. The first-order chi connectivity index (χ1) is 15.7. The maximum absolute atomic E-state index is 13.1. The number of nitriles is 1. The number of nitrogens with zero attached hydrogens (tertiary/aromatic N) is 1. The summed E-state index contributed by atoms with van der Waals surface area (Å²) < 4.78 is 11.0. The van der Waals surface area contributed by atoms with Gasteiger partial charge in [-0.1, -0.05) is 67.3 Å². The van der Waals surface area contributed by atoms with Gasteiger partial charge in [0.05, 0.1) is 30.4 Å². The molecule has 0 aromatic heterocycles. The van der Waals surface area contributed by atoms with Gasteiger partial charge in [0.25, 0.3) is 0 Å². The van der Waals surface area contributed by atoms with E-state index in [-0.39, 0.29) is 18.8 Å². The van der Waals surface area contributed by atoms with E-state index in [0.29, 0.717) is 35.1 Å². The summed E-state index contributed by atoms with van der Waals surface area (Å²) in [5.74, 6) is -1.00. The van der Waals surface area contributed by atoms with Crippen LogP contribution in [0.3, 0.4) is 0 Å². The number of esters is 2. The van der Waals surface area contributed by atoms with E-state index in [1.165, 1.54) is 12.2 Å². The third-order valence-electron chi connectivity index (χ3n) is 4.85. The Morgan fingerprint density at radius 3 is 2.31 bits per heavy atom. The van der Waals surface area contributed by atoms with Gasteiger partial charge in [-0.15, -0.1) is 0 Å². The Kier molecular flexibility index (Phi) is 7.94. The minimum absolute atomic E-state index is 0.215. The first kappa shape index (κ1) is 22.5. The topological polar surface area (TPSA) is 76.4 Å². The Bertz CT molecular complexity index is 1130. The number of carbonyl (C=O) groups is 2. The first-order valence-electron chi connectivity index (χ1n) is 10.3. The summed E-state index contributed by atoms with van der Waals surface area (Å²) in [6.07, 6.45) is 12.5. The Balaban J connectivity index is 2.33. The number of hydrogen-bond donors (Lipinski definition) is 0. The van der Waals surface area contributed by atoms with Crippen molar-refractivity contribution in [2.24, 2.45) is 0 Å². The second-order valence-electron chi connectivity index (χ2n) is 7.00. The number of ether oxygens (including phenoxy) is 2. The number of hydrogen-bond acceptors (Lipinski definition) is 5. The van der Waals surface area contributed by atoms with Crippen molar-refractivity contribution in [3.05, 3.63) is 94.6 Å². The van der Waals surface area contributed by atoms with Crippen LogP contribution in [0.15, 0.2) is 61.2 Å². The largest absolute Gasteiger partial charge is 0.462 e. The third kappa shape index (κ3) is 5.50. The number of rotatable bonds is 5. The molecular weight excluding hydrogens is 402 g/mol. The molecule has 0 radical (unpaired) electrons. The van der Waals surface area contributed by atoms with E-state index < -0.39 is 11.9 Å². The highest BCUT2D eigenvalue weighted by Gasteiger charge is 2.25. The second-order valence-corrected chi connectivity index (χ2v) is 7.00. The molecule has 2 aliphatic rings. The van der Waals surface area contributed by atoms with Crippen molar-refractivity contribution in [3.63, 3.8) is 0 Å². The van der Waals surface area contributed by atoms with Crippen LogP contribution >= 0.6 is 0 Å². The molecule has 0 N–H and O–H groups in total. The number of fused-ring (bicyclic) bond motifs is 9. The highest BCUT2D eigenvalue weighted by atomic mass is 16.5. The molecule has 32 heavy (non-hydrogen) atoms. The van der Waals surface area contributed by atoms with Gasteiger partial charge in [0.15, 0.2) is 0 Å². The van der Waals surface area contributed by atoms with Gasteiger partial charge in [-0.3, -0.25) is 0 Å². The quantitative estimate of drug-likeness (QED) is 0.266. The van der Waals surface area contributed by atoms with Gasteiger partial charge in [0.2, 0.25) is 0 Å². The average molecular weight is 425 g/mol. The van der Waals surface area contributed by atoms with Gasteiger partial charge in [-0.2, -0.15) is 5.26 Å². The van der Waals surface area contributed by atoms with Crippen molar-refractivity contribution in [1.82, 2.24) is 0 Å². The smallest absolute Gasteiger partial charge is 0.339 e. The molecule has 2 heterocycles. The predicted molar refractivity (Wildman–Crippen MR) is 125 cm³/mol. The molecule has 0 aliphatic carbocycles. The highest BCUT2D eigenvalue weighted by molar-refractivity contribution is 6.05. The average Bonchev–Trinajstić information content (AvgIpc) is 2.81. The van der Waals surface area contributed by atoms with E-state index in [4.69, 9.17) is 14.7 Å². The van der Waals surface area contributed by atoms with Crippen molar-refractivity contribution in [2.75, 3.05) is 13.2 Å². The van der Waals surface area contributed by atoms with Crippen molar-refractivity contribution in [1.29, 1.82) is 5.26 Å². The maximum atomic E-state index is 13.1. The van der Waals surface area contributed by atoms with Crippen LogP contribution in [0.5, 0.6) is 0 Å². The van der Waals surface area contributed by atoms with Crippen molar-refractivity contribution < 1.29 is 19.1 Å². The summed E-state index contributed by atoms with van der Waals surface area (Å²) in [5, 5.41) is 9.07. The first-order valence-corrected chi connectivity index (χ1v) is 10.3. The summed E-state index contributed by atoms with van der Waals surface area (Å²) in [6, 6.07) is 13.2. The van der Waals surface area contributed by atoms with E-state index in [0.717, 1.165) is 5.56 Å². The highest BCUT2D eigenvalue weighted by Crippen LogP contribution is 2.30. The van der Waals surface area contributed by atoms with Crippen LogP contribution in [-0.4, -0.2) is 25.2 Å². The molecule has 5 heteroatoms. The number of carbonyl (C=O) groups excluding carboxylic acids is 2. The van der Waals surface area contributed by atoms with Gasteiger partial charge in [-0.25, -0.2) is 9.59 Å². The lowest BCUT2D eigenvalue weighted by molar-refractivity contribution is 0.0426. The standard InChI is InChI=1S/C27H23NO4/c1-2-3-12-23-22(13-9-16-28)24-19-21(15-14-20-10-5-4-6-11-20)25(23)27(30)32-18-8-7-17-31-26(24)29/h2-6,9-15,19H,1,7-8,17-18H2. The monoisotopic (exact) mass is 425 g/mol. The summed E-state index contributed by atoms with van der Waals surface area (Å²) in [4.78, 5) is 26.1. The van der Waals surface area contributed by atoms with Crippen LogP contribution in [0.1, 0.15) is 55.8 Å². The fourth-order valence-electron chi connectivity index (χ4n) is 3.34. The Morgan fingerprint density at radius 2 is 1.62 bits per heavy atom. The summed E-state index contributed by atoms with van der Waals surface area (Å²) >= 11 is 0. The molecule has 0 spiro atoms. The van der Waals surface area contributed by atoms with E-state index in [1.807, 2.05) is 42.5 Å². The molecule has 2 aromatic rings. The lowest BCUT2D eigenvalue weighted by Crippen LogP contribution is -2.17. The molecule has 2 aliphatic heterocycles. The lowest BCUT2D eigenvalue weighted by Gasteiger charge is -2.18. The molecule has 0 atom stereocenters. The van der Waals surface area contributed by atoms with Crippen LogP contribution in [0.4, 0.5) is 0 Å². The van der Waals surface area contributed by atoms with Crippen molar-refractivity contribution in [3.8, 4) is 6.07 Å². The van der Waals surface area contributed by atoms with Crippen LogP contribution in [0.25, 0.3) is 24.3 Å². The van der Waals surface area contributed by atoms with Gasteiger partial charge in [-0.05, 0) is 47.2 Å². The van der Waals surface area contributed by atoms with Gasteiger partial charge in [0.1, 0.15) is 0 Å². The molecule has 0 fully saturated rings. The SMILES string of the molecule is C=CC=Cc1c(C=CC#N)c2cc(C=Cc3ccccc3)c1C(=O)OCCCCOC2=O. The van der Waals surface area contributed by atoms with Crippen LogP contribution in [-0.2, 0) is 9.47 Å². The summed E-state index contributed by atoms with van der Waals surface area (Å²) in [5.41, 5.74) is 2.91. The molecule has 160 valence electrons. The predicted octanol–water partition coefficient (Wildman–Crippen LogP) is 5.70. The Labute approximate surface area is 187 Å². The molecule has 0 unspecified atom stereocenters. The van der Waals surface area contributed by atoms with E-state index in [9.17, 15) is 9.59 Å². The second kappa shape index (κ2) is 11.3. The molecule has 5 nitrogen and oxygen atoms in total. The molecule has 0 saturated carbocycles. The lowest BCUT2D eigenvalue weighted by atomic mass is 9.90.